The third-order valence-corrected chi connectivity index (χ3v) is 8.82. The second-order valence-electron chi connectivity index (χ2n) is 11.6. The molecule has 4 atom stereocenters. The van der Waals surface area contributed by atoms with Gasteiger partial charge in [-0.05, 0) is 42.5 Å². The van der Waals surface area contributed by atoms with Crippen LogP contribution in [0.25, 0.3) is 21.9 Å². The van der Waals surface area contributed by atoms with Crippen molar-refractivity contribution in [3.05, 3.63) is 63.4 Å². The summed E-state index contributed by atoms with van der Waals surface area (Å²) < 4.78 is 40.5. The Bertz CT molecular complexity index is 1900. The molecule has 4 unspecified atom stereocenters. The number of aromatic hydroxyl groups is 1. The Morgan fingerprint density at radius 3 is 2.00 bits per heavy atom. The number of rotatable bonds is 6. The molecule has 3 aliphatic rings. The first-order valence-corrected chi connectivity index (χ1v) is 15.0. The Hall–Kier alpha value is -4.94. The Morgan fingerprint density at radius 1 is 0.766 bits per heavy atom. The predicted octanol–water partition coefficient (Wildman–Crippen LogP) is 5.18. The van der Waals surface area contributed by atoms with Crippen LogP contribution in [0.15, 0.2) is 30.0 Å². The number of carbonyl (C=O) groups is 4. The predicted molar refractivity (Wildman–Crippen MR) is 165 cm³/mol. The summed E-state index contributed by atoms with van der Waals surface area (Å²) >= 11 is 0. The highest BCUT2D eigenvalue weighted by molar-refractivity contribution is 6.28. The van der Waals surface area contributed by atoms with E-state index in [2.05, 4.69) is 0 Å². The molecule has 0 amide bonds. The molecule has 0 bridgehead atoms. The lowest BCUT2D eigenvalue weighted by atomic mass is 9.74. The van der Waals surface area contributed by atoms with E-state index in [1.165, 1.54) is 35.2 Å². The first kappa shape index (κ1) is 32.0. The second kappa shape index (κ2) is 12.0. The zero-order chi connectivity index (χ0) is 33.9. The minimum atomic E-state index is -1.12. The fourth-order valence-electron chi connectivity index (χ4n) is 6.79. The van der Waals surface area contributed by atoms with Crippen molar-refractivity contribution in [3.63, 3.8) is 0 Å². The van der Waals surface area contributed by atoms with Crippen LogP contribution in [0.4, 0.5) is 0 Å². The maximum absolute atomic E-state index is 14.4. The molecule has 47 heavy (non-hydrogen) atoms. The Morgan fingerprint density at radius 2 is 1.40 bits per heavy atom. The summed E-state index contributed by atoms with van der Waals surface area (Å²) in [5.74, 6) is -2.42. The van der Waals surface area contributed by atoms with Crippen LogP contribution in [-0.4, -0.2) is 62.1 Å². The van der Waals surface area contributed by atoms with Crippen LogP contribution in [0.2, 0.25) is 0 Å². The van der Waals surface area contributed by atoms with E-state index in [0.717, 1.165) is 6.08 Å². The molecule has 6 rings (SSSR count). The van der Waals surface area contributed by atoms with Crippen molar-refractivity contribution >= 4 is 34.3 Å². The quantitative estimate of drug-likeness (QED) is 0.351. The van der Waals surface area contributed by atoms with Crippen LogP contribution < -0.4 is 9.47 Å². The molecule has 0 aromatic heterocycles. The average molecular weight is 647 g/mol. The third-order valence-electron chi connectivity index (χ3n) is 8.82. The number of ketones is 2. The Kier molecular flexibility index (Phi) is 8.18. The normalized spacial score (nSPS) is 21.6. The van der Waals surface area contributed by atoms with E-state index < -0.39 is 53.7 Å². The van der Waals surface area contributed by atoms with E-state index in [4.69, 9.17) is 33.2 Å². The molecule has 2 aliphatic heterocycles. The monoisotopic (exact) mass is 646 g/mol. The van der Waals surface area contributed by atoms with Crippen LogP contribution in [0.5, 0.6) is 17.2 Å². The molecule has 3 aromatic carbocycles. The van der Waals surface area contributed by atoms with Crippen molar-refractivity contribution in [3.8, 4) is 28.4 Å². The lowest BCUT2D eigenvalue weighted by molar-refractivity contribution is -0.158. The number of esters is 2. The molecule has 2 heterocycles. The van der Waals surface area contributed by atoms with Gasteiger partial charge in [0.2, 0.25) is 5.78 Å². The maximum atomic E-state index is 14.4. The van der Waals surface area contributed by atoms with Gasteiger partial charge in [0.25, 0.3) is 0 Å². The fraction of sp³-hybridized carbons (Fsp3) is 0.371. The second-order valence-corrected chi connectivity index (χ2v) is 11.6. The minimum Gasteiger partial charge on any atom is -0.507 e. The van der Waals surface area contributed by atoms with Crippen molar-refractivity contribution in [2.75, 3.05) is 21.3 Å². The lowest BCUT2D eigenvalue weighted by Gasteiger charge is -2.38. The zero-order valence-corrected chi connectivity index (χ0v) is 27.0. The fourth-order valence-corrected chi connectivity index (χ4v) is 6.79. The number of phenols is 1. The van der Waals surface area contributed by atoms with E-state index in [9.17, 15) is 24.3 Å². The highest BCUT2D eigenvalue weighted by atomic mass is 16.6. The number of hydrogen-bond acceptors (Lipinski definition) is 12. The van der Waals surface area contributed by atoms with Gasteiger partial charge in [0.15, 0.2) is 23.8 Å². The number of methoxy groups -OCH3 is 3. The van der Waals surface area contributed by atoms with E-state index >= 15 is 0 Å². The van der Waals surface area contributed by atoms with E-state index in [0.29, 0.717) is 39.0 Å². The molecule has 0 saturated carbocycles. The summed E-state index contributed by atoms with van der Waals surface area (Å²) in [6, 6.07) is 5.31. The van der Waals surface area contributed by atoms with Crippen molar-refractivity contribution in [1.29, 1.82) is 0 Å². The summed E-state index contributed by atoms with van der Waals surface area (Å²) in [7, 11) is 4.27. The standard InChI is InChI=1S/C35H34O12/c1-14-34(46-16(3)36)26-18(12-44-14)8-20-21(9-19(41-5)10-24(20)42-6)27(26)30-28-22(13-45-15(2)35(28)47-17(4)37)32(39)29-23(38)11-25(43-7)33(40)31(29)30/h8-11,14-15,34-35,39H,12-13H2,1-7H3. The number of fused-ring (bicyclic) bond motifs is 4. The van der Waals surface area contributed by atoms with Crippen molar-refractivity contribution < 1.29 is 57.4 Å². The first-order chi connectivity index (χ1) is 22.4. The van der Waals surface area contributed by atoms with E-state index in [1.54, 1.807) is 26.0 Å². The van der Waals surface area contributed by atoms with Crippen molar-refractivity contribution in [2.24, 2.45) is 0 Å². The highest BCUT2D eigenvalue weighted by Gasteiger charge is 2.45. The van der Waals surface area contributed by atoms with Gasteiger partial charge in [-0.3, -0.25) is 19.2 Å². The Labute approximate surface area is 270 Å². The molecule has 1 aliphatic carbocycles. The van der Waals surface area contributed by atoms with Gasteiger partial charge in [0.05, 0.1) is 52.3 Å². The molecular formula is C35H34O12. The first-order valence-electron chi connectivity index (χ1n) is 15.0. The van der Waals surface area contributed by atoms with Gasteiger partial charge in [-0.1, -0.05) is 0 Å². The average Bonchev–Trinajstić information content (AvgIpc) is 3.03. The van der Waals surface area contributed by atoms with Gasteiger partial charge in [0.1, 0.15) is 17.2 Å². The number of carbonyl (C=O) groups excluding carboxylic acids is 4. The summed E-state index contributed by atoms with van der Waals surface area (Å²) in [6.45, 7) is 5.94. The zero-order valence-electron chi connectivity index (χ0n) is 27.0. The summed E-state index contributed by atoms with van der Waals surface area (Å²) in [5.41, 5.74) is 1.73. The topological polar surface area (TPSA) is 153 Å². The number of hydrogen-bond donors (Lipinski definition) is 1. The number of phenolic OH excluding ortho intramolecular Hbond substituents is 1. The van der Waals surface area contributed by atoms with Gasteiger partial charge in [-0.2, -0.15) is 0 Å². The van der Waals surface area contributed by atoms with Gasteiger partial charge >= 0.3 is 11.9 Å². The highest BCUT2D eigenvalue weighted by Crippen LogP contribution is 2.54. The number of Topliss-reactive ketones (excluding diaryl/α,β-unsaturated/α-hetero) is 1. The summed E-state index contributed by atoms with van der Waals surface area (Å²) in [4.78, 5) is 53.1. The van der Waals surface area contributed by atoms with Crippen LogP contribution in [0, 0.1) is 0 Å². The van der Waals surface area contributed by atoms with Crippen LogP contribution >= 0.6 is 0 Å². The van der Waals surface area contributed by atoms with Crippen LogP contribution in [0.3, 0.4) is 0 Å². The summed E-state index contributed by atoms with van der Waals surface area (Å²) in [6.07, 6.45) is -2.42. The molecule has 0 saturated heterocycles. The third kappa shape index (κ3) is 5.08. The molecule has 0 radical (unpaired) electrons. The van der Waals surface area contributed by atoms with Gasteiger partial charge in [-0.15, -0.1) is 0 Å². The molecule has 3 aromatic rings. The van der Waals surface area contributed by atoms with E-state index in [1.807, 2.05) is 6.07 Å². The van der Waals surface area contributed by atoms with Gasteiger partial charge in [0, 0.05) is 59.2 Å². The smallest absolute Gasteiger partial charge is 0.303 e. The van der Waals surface area contributed by atoms with Crippen LogP contribution in [0.1, 0.15) is 82.9 Å². The largest absolute Gasteiger partial charge is 0.507 e. The Balaban J connectivity index is 1.91. The molecule has 0 fully saturated rings. The molecule has 1 N–H and O–H groups in total. The SMILES string of the molecule is COC1=CC(=O)c2c(O)c3c(c(-c4c5c(cc6c(OC)cc(OC)cc46)COC(C)C5OC(C)=O)c2C1=O)C(OC(C)=O)C(C)OC3. The van der Waals surface area contributed by atoms with E-state index in [-0.39, 0.29) is 46.8 Å². The number of benzene rings is 3. The lowest BCUT2D eigenvalue weighted by Crippen LogP contribution is -2.33. The molecule has 246 valence electrons. The summed E-state index contributed by atoms with van der Waals surface area (Å²) in [5, 5.41) is 12.8. The number of ether oxygens (including phenoxy) is 7. The molecular weight excluding hydrogens is 612 g/mol. The molecule has 12 heteroatoms. The number of allylic oxidation sites excluding steroid dienone is 2. The minimum absolute atomic E-state index is 0.109. The van der Waals surface area contributed by atoms with Crippen molar-refractivity contribution in [1.82, 2.24) is 0 Å². The van der Waals surface area contributed by atoms with Gasteiger partial charge in [-0.25, -0.2) is 0 Å². The van der Waals surface area contributed by atoms with Gasteiger partial charge < -0.3 is 38.3 Å². The molecule has 12 nitrogen and oxygen atoms in total. The molecule has 0 spiro atoms. The van der Waals surface area contributed by atoms with Crippen molar-refractivity contribution in [2.45, 2.75) is 65.3 Å². The maximum Gasteiger partial charge on any atom is 0.303 e. The van der Waals surface area contributed by atoms with Crippen LogP contribution in [-0.2, 0) is 46.5 Å².